The molecule has 2 heterocycles. The molecule has 2 aliphatic rings. The quantitative estimate of drug-likeness (QED) is 0.337. The zero-order valence-corrected chi connectivity index (χ0v) is 17.6. The minimum Gasteiger partial charge on any atom is -0.309 e. The van der Waals surface area contributed by atoms with Crippen LogP contribution in [0.15, 0.2) is 12.3 Å². The minimum absolute atomic E-state index is 0.0795. The molecule has 9 heteroatoms. The van der Waals surface area contributed by atoms with Crippen molar-refractivity contribution in [1.29, 1.82) is 0 Å². The van der Waals surface area contributed by atoms with E-state index < -0.39 is 12.0 Å². The molecule has 0 aromatic carbocycles. The van der Waals surface area contributed by atoms with Gasteiger partial charge < -0.3 is 5.32 Å². The van der Waals surface area contributed by atoms with E-state index in [4.69, 9.17) is 0 Å². The van der Waals surface area contributed by atoms with Crippen LogP contribution in [0, 0.1) is 25.7 Å². The van der Waals surface area contributed by atoms with E-state index in [1.54, 1.807) is 6.20 Å². The Morgan fingerprint density at radius 1 is 1.37 bits per heavy atom. The van der Waals surface area contributed by atoms with Gasteiger partial charge in [-0.15, -0.1) is 0 Å². The van der Waals surface area contributed by atoms with Crippen molar-refractivity contribution in [3.8, 4) is 0 Å². The molecule has 2 fully saturated rings. The number of pyridine rings is 1. The lowest BCUT2D eigenvalue weighted by atomic mass is 9.92. The summed E-state index contributed by atoms with van der Waals surface area (Å²) in [4.78, 5) is 41.4. The number of hydrogen-bond donors (Lipinski definition) is 3. The molecular weight excluding hydrogens is 386 g/mol. The molecule has 30 heavy (non-hydrogen) atoms. The van der Waals surface area contributed by atoms with Gasteiger partial charge >= 0.3 is 0 Å². The highest BCUT2D eigenvalue weighted by atomic mass is 16.5. The van der Waals surface area contributed by atoms with Crippen LogP contribution in [-0.4, -0.2) is 57.6 Å². The molecule has 3 N–H and O–H groups in total. The first-order chi connectivity index (χ1) is 14.4. The molecular formula is C21H31N5O4. The first-order valence-corrected chi connectivity index (χ1v) is 10.6. The summed E-state index contributed by atoms with van der Waals surface area (Å²) < 4.78 is 0. The second kappa shape index (κ2) is 9.99. The largest absolute Gasteiger partial charge is 0.309 e. The Morgan fingerprint density at radius 3 is 2.80 bits per heavy atom. The Hall–Kier alpha value is -2.52. The van der Waals surface area contributed by atoms with Crippen LogP contribution >= 0.6 is 0 Å². The van der Waals surface area contributed by atoms with Crippen molar-refractivity contribution in [3.63, 3.8) is 0 Å². The van der Waals surface area contributed by atoms with Gasteiger partial charge in [-0.2, -0.15) is 0 Å². The molecule has 1 aliphatic heterocycles. The van der Waals surface area contributed by atoms with Crippen molar-refractivity contribution in [2.45, 2.75) is 58.4 Å². The lowest BCUT2D eigenvalue weighted by Crippen LogP contribution is -2.51. The number of anilines is 1. The maximum atomic E-state index is 13.3. The standard InChI is InChI=1S/C21H31N5O4/c1-14-7-9-22-19(15(14)2)24-20(28)18-8-10-23-26(18)21(29)17(12-25(30)13-27)11-16-5-3-4-6-16/h7,9,13,16-18,23,30H,3-6,8,10-12H2,1-2H3,(H,22,24,28)/t17-,18+/m1/s1. The zero-order valence-electron chi connectivity index (χ0n) is 17.6. The lowest BCUT2D eigenvalue weighted by molar-refractivity contribution is -0.159. The topological polar surface area (TPSA) is 115 Å². The Kier molecular flexibility index (Phi) is 7.38. The van der Waals surface area contributed by atoms with Crippen LogP contribution in [0.5, 0.6) is 0 Å². The molecule has 164 valence electrons. The number of amides is 3. The number of hydrazine groups is 1. The van der Waals surface area contributed by atoms with E-state index in [-0.39, 0.29) is 18.4 Å². The Balaban J connectivity index is 1.72. The predicted octanol–water partition coefficient (Wildman–Crippen LogP) is 1.79. The molecule has 1 aromatic heterocycles. The van der Waals surface area contributed by atoms with Crippen LogP contribution < -0.4 is 10.7 Å². The summed E-state index contributed by atoms with van der Waals surface area (Å²) >= 11 is 0. The van der Waals surface area contributed by atoms with Gasteiger partial charge in [0.1, 0.15) is 11.9 Å². The van der Waals surface area contributed by atoms with Gasteiger partial charge in [-0.1, -0.05) is 25.7 Å². The van der Waals surface area contributed by atoms with Gasteiger partial charge in [0.2, 0.25) is 18.2 Å². The third-order valence-electron chi connectivity index (χ3n) is 6.24. The van der Waals surface area contributed by atoms with Crippen LogP contribution in [0.3, 0.4) is 0 Å². The molecule has 0 spiro atoms. The smallest absolute Gasteiger partial charge is 0.250 e. The minimum atomic E-state index is -0.673. The molecule has 1 saturated carbocycles. The van der Waals surface area contributed by atoms with E-state index >= 15 is 0 Å². The molecule has 2 atom stereocenters. The fourth-order valence-corrected chi connectivity index (χ4v) is 4.37. The van der Waals surface area contributed by atoms with E-state index in [9.17, 15) is 19.6 Å². The Bertz CT molecular complexity index is 781. The van der Waals surface area contributed by atoms with Crippen molar-refractivity contribution < 1.29 is 19.6 Å². The first kappa shape index (κ1) is 22.2. The summed E-state index contributed by atoms with van der Waals surface area (Å²) in [6.07, 6.45) is 7.39. The number of rotatable bonds is 8. The molecule has 0 bridgehead atoms. The normalized spacial score (nSPS) is 20.2. The molecule has 1 aliphatic carbocycles. The van der Waals surface area contributed by atoms with E-state index in [0.29, 0.717) is 42.6 Å². The third-order valence-corrected chi connectivity index (χ3v) is 6.24. The average molecular weight is 418 g/mol. The fourth-order valence-electron chi connectivity index (χ4n) is 4.37. The maximum Gasteiger partial charge on any atom is 0.250 e. The number of carbonyl (C=O) groups is 3. The highest BCUT2D eigenvalue weighted by molar-refractivity contribution is 5.97. The summed E-state index contributed by atoms with van der Waals surface area (Å²) in [5, 5.41) is 14.4. The Labute approximate surface area is 176 Å². The number of hydroxylamine groups is 2. The number of aromatic nitrogens is 1. The van der Waals surface area contributed by atoms with Gasteiger partial charge in [0.25, 0.3) is 0 Å². The zero-order chi connectivity index (χ0) is 21.7. The van der Waals surface area contributed by atoms with Gasteiger partial charge in [-0.3, -0.25) is 24.6 Å². The number of nitrogens with zero attached hydrogens (tertiary/aromatic N) is 3. The monoisotopic (exact) mass is 417 g/mol. The molecule has 1 aromatic rings. The van der Waals surface area contributed by atoms with Gasteiger partial charge in [-0.05, 0) is 49.8 Å². The maximum absolute atomic E-state index is 13.3. The fraction of sp³-hybridized carbons (Fsp3) is 0.619. The third kappa shape index (κ3) is 5.14. The number of hydrogen-bond acceptors (Lipinski definition) is 6. The highest BCUT2D eigenvalue weighted by Gasteiger charge is 2.39. The van der Waals surface area contributed by atoms with Crippen LogP contribution in [0.2, 0.25) is 0 Å². The average Bonchev–Trinajstić information content (AvgIpc) is 3.42. The molecule has 0 radical (unpaired) electrons. The van der Waals surface area contributed by atoms with E-state index in [2.05, 4.69) is 15.7 Å². The lowest BCUT2D eigenvalue weighted by Gasteiger charge is -2.30. The summed E-state index contributed by atoms with van der Waals surface area (Å²) in [5.74, 6) is -0.250. The number of nitrogens with one attached hydrogen (secondary N) is 2. The van der Waals surface area contributed by atoms with Crippen molar-refractivity contribution >= 4 is 24.0 Å². The summed E-state index contributed by atoms with van der Waals surface area (Å²) in [6, 6.07) is 1.20. The van der Waals surface area contributed by atoms with Gasteiger partial charge in [-0.25, -0.2) is 15.5 Å². The van der Waals surface area contributed by atoms with Crippen LogP contribution in [-0.2, 0) is 14.4 Å². The predicted molar refractivity (Wildman–Crippen MR) is 110 cm³/mol. The SMILES string of the molecule is Cc1ccnc(NC(=O)[C@@H]2CCNN2C(=O)[C@H](CC2CCCC2)CN(O)C=O)c1C. The van der Waals surface area contributed by atoms with E-state index in [0.717, 1.165) is 36.8 Å². The number of carbonyl (C=O) groups excluding carboxylic acids is 3. The van der Waals surface area contributed by atoms with E-state index in [1.165, 1.54) is 5.01 Å². The van der Waals surface area contributed by atoms with Gasteiger partial charge in [0.05, 0.1) is 12.5 Å². The second-order valence-electron chi connectivity index (χ2n) is 8.32. The van der Waals surface area contributed by atoms with Crippen LogP contribution in [0.4, 0.5) is 5.82 Å². The number of aryl methyl sites for hydroxylation is 1. The second-order valence-corrected chi connectivity index (χ2v) is 8.32. The van der Waals surface area contributed by atoms with Gasteiger partial charge in [0, 0.05) is 12.7 Å². The van der Waals surface area contributed by atoms with E-state index in [1.807, 2.05) is 19.9 Å². The van der Waals surface area contributed by atoms with Crippen LogP contribution in [0.1, 0.15) is 49.7 Å². The summed E-state index contributed by atoms with van der Waals surface area (Å²) in [6.45, 7) is 4.25. The molecule has 0 unspecified atom stereocenters. The molecule has 3 amide bonds. The van der Waals surface area contributed by atoms with Crippen molar-refractivity contribution in [2.24, 2.45) is 11.8 Å². The van der Waals surface area contributed by atoms with Crippen LogP contribution in [0.25, 0.3) is 0 Å². The Morgan fingerprint density at radius 2 is 2.10 bits per heavy atom. The molecule has 1 saturated heterocycles. The first-order valence-electron chi connectivity index (χ1n) is 10.6. The van der Waals surface area contributed by atoms with Crippen molar-refractivity contribution in [3.05, 3.63) is 23.4 Å². The van der Waals surface area contributed by atoms with Crippen molar-refractivity contribution in [2.75, 3.05) is 18.4 Å². The highest BCUT2D eigenvalue weighted by Crippen LogP contribution is 2.31. The summed E-state index contributed by atoms with van der Waals surface area (Å²) in [7, 11) is 0. The molecule has 3 rings (SSSR count). The van der Waals surface area contributed by atoms with Crippen molar-refractivity contribution in [1.82, 2.24) is 20.5 Å². The molecule has 9 nitrogen and oxygen atoms in total. The van der Waals surface area contributed by atoms with Gasteiger partial charge in [0.15, 0.2) is 0 Å². The summed E-state index contributed by atoms with van der Waals surface area (Å²) in [5.41, 5.74) is 4.91.